The van der Waals surface area contributed by atoms with Gasteiger partial charge in [0.25, 0.3) is 0 Å². The standard InChI is InChI=1S/C15H26BrNO2/c1-11(8-9-13(16)15(3,4)19)6-5-7-12(2)10-14(17)18/h6,10,13,19H,5,7-9H2,1-4H3,(H2,17,18). The first-order chi connectivity index (χ1) is 8.62. The zero-order valence-electron chi connectivity index (χ0n) is 12.4. The number of alkyl halides is 1. The van der Waals surface area contributed by atoms with E-state index in [1.165, 1.54) is 11.6 Å². The molecule has 0 aromatic heterocycles. The van der Waals surface area contributed by atoms with Crippen LogP contribution in [0.5, 0.6) is 0 Å². The normalized spacial score (nSPS) is 15.5. The number of hydrogen-bond donors (Lipinski definition) is 2. The molecule has 1 amide bonds. The van der Waals surface area contributed by atoms with Crippen LogP contribution < -0.4 is 5.73 Å². The molecule has 1 atom stereocenters. The summed E-state index contributed by atoms with van der Waals surface area (Å²) in [7, 11) is 0. The first-order valence-corrected chi connectivity index (χ1v) is 7.53. The molecule has 0 radical (unpaired) electrons. The van der Waals surface area contributed by atoms with E-state index >= 15 is 0 Å². The van der Waals surface area contributed by atoms with E-state index in [-0.39, 0.29) is 10.7 Å². The number of halogens is 1. The van der Waals surface area contributed by atoms with Crippen molar-refractivity contribution in [1.82, 2.24) is 0 Å². The molecule has 0 fully saturated rings. The molecule has 0 bridgehead atoms. The molecule has 0 rings (SSSR count). The summed E-state index contributed by atoms with van der Waals surface area (Å²) in [5, 5.41) is 9.81. The molecule has 0 aliphatic heterocycles. The van der Waals surface area contributed by atoms with E-state index in [1.807, 2.05) is 20.8 Å². The van der Waals surface area contributed by atoms with Crippen LogP contribution in [0.4, 0.5) is 0 Å². The van der Waals surface area contributed by atoms with Gasteiger partial charge in [-0.05, 0) is 53.4 Å². The summed E-state index contributed by atoms with van der Waals surface area (Å²) < 4.78 is 0. The lowest BCUT2D eigenvalue weighted by atomic mass is 9.98. The van der Waals surface area contributed by atoms with Gasteiger partial charge in [-0.15, -0.1) is 0 Å². The largest absolute Gasteiger partial charge is 0.389 e. The molecule has 0 saturated heterocycles. The molecule has 3 nitrogen and oxygen atoms in total. The quantitative estimate of drug-likeness (QED) is 0.406. The molecule has 4 heteroatoms. The van der Waals surface area contributed by atoms with Gasteiger partial charge in [0.1, 0.15) is 0 Å². The molecule has 0 spiro atoms. The predicted molar refractivity (Wildman–Crippen MR) is 84.2 cm³/mol. The predicted octanol–water partition coefficient (Wildman–Crippen LogP) is 3.46. The van der Waals surface area contributed by atoms with Crippen molar-refractivity contribution in [2.24, 2.45) is 5.73 Å². The van der Waals surface area contributed by atoms with Gasteiger partial charge in [0.15, 0.2) is 0 Å². The summed E-state index contributed by atoms with van der Waals surface area (Å²) in [5.41, 5.74) is 6.71. The maximum Gasteiger partial charge on any atom is 0.241 e. The van der Waals surface area contributed by atoms with Crippen molar-refractivity contribution in [3.05, 3.63) is 23.3 Å². The highest BCUT2D eigenvalue weighted by molar-refractivity contribution is 9.09. The van der Waals surface area contributed by atoms with E-state index in [4.69, 9.17) is 5.73 Å². The van der Waals surface area contributed by atoms with Crippen molar-refractivity contribution in [2.45, 2.75) is 63.8 Å². The van der Waals surface area contributed by atoms with Gasteiger partial charge >= 0.3 is 0 Å². The van der Waals surface area contributed by atoms with Gasteiger partial charge in [-0.25, -0.2) is 0 Å². The fourth-order valence-electron chi connectivity index (χ4n) is 1.67. The minimum absolute atomic E-state index is 0.0971. The van der Waals surface area contributed by atoms with Crippen LogP contribution in [0, 0.1) is 0 Å². The first kappa shape index (κ1) is 18.4. The van der Waals surface area contributed by atoms with Crippen LogP contribution in [0.1, 0.15) is 53.4 Å². The SMILES string of the molecule is CC(=CC(N)=O)CCC=C(C)CCC(Br)C(C)(C)O. The molecular formula is C15H26BrNO2. The molecule has 110 valence electrons. The van der Waals surface area contributed by atoms with Crippen molar-refractivity contribution in [2.75, 3.05) is 0 Å². The average molecular weight is 332 g/mol. The molecule has 0 aromatic carbocycles. The smallest absolute Gasteiger partial charge is 0.241 e. The summed E-state index contributed by atoms with van der Waals surface area (Å²) in [4.78, 5) is 10.8. The van der Waals surface area contributed by atoms with Crippen LogP contribution in [-0.2, 0) is 4.79 Å². The Bertz CT molecular complexity index is 354. The highest BCUT2D eigenvalue weighted by atomic mass is 79.9. The van der Waals surface area contributed by atoms with Crippen LogP contribution in [0.25, 0.3) is 0 Å². The van der Waals surface area contributed by atoms with E-state index < -0.39 is 5.60 Å². The Kier molecular flexibility index (Phi) is 8.26. The second-order valence-electron chi connectivity index (χ2n) is 5.64. The minimum Gasteiger partial charge on any atom is -0.389 e. The Hall–Kier alpha value is -0.610. The second-order valence-corrected chi connectivity index (χ2v) is 6.75. The van der Waals surface area contributed by atoms with Crippen molar-refractivity contribution >= 4 is 21.8 Å². The molecule has 0 saturated carbocycles. The Morgan fingerprint density at radius 3 is 2.37 bits per heavy atom. The maximum atomic E-state index is 10.7. The van der Waals surface area contributed by atoms with Gasteiger partial charge in [-0.1, -0.05) is 33.2 Å². The van der Waals surface area contributed by atoms with Crippen molar-refractivity contribution in [3.63, 3.8) is 0 Å². The zero-order chi connectivity index (χ0) is 15.1. The highest BCUT2D eigenvalue weighted by Gasteiger charge is 2.23. The van der Waals surface area contributed by atoms with E-state index in [0.29, 0.717) is 0 Å². The van der Waals surface area contributed by atoms with Gasteiger partial charge in [0, 0.05) is 10.9 Å². The Morgan fingerprint density at radius 2 is 1.89 bits per heavy atom. The summed E-state index contributed by atoms with van der Waals surface area (Å²) >= 11 is 3.51. The molecule has 0 aromatic rings. The van der Waals surface area contributed by atoms with Crippen LogP contribution in [-0.4, -0.2) is 21.4 Å². The summed E-state index contributed by atoms with van der Waals surface area (Å²) in [6.45, 7) is 7.63. The Balaban J connectivity index is 4.06. The van der Waals surface area contributed by atoms with Gasteiger partial charge in [-0.2, -0.15) is 0 Å². The summed E-state index contributed by atoms with van der Waals surface area (Å²) in [5.74, 6) is -0.384. The molecule has 0 aliphatic rings. The second kappa shape index (κ2) is 8.54. The van der Waals surface area contributed by atoms with Crippen LogP contribution >= 0.6 is 15.9 Å². The highest BCUT2D eigenvalue weighted by Crippen LogP contribution is 2.24. The van der Waals surface area contributed by atoms with Gasteiger partial charge in [0.2, 0.25) is 5.91 Å². The van der Waals surface area contributed by atoms with Crippen molar-refractivity contribution < 1.29 is 9.90 Å². The lowest BCUT2D eigenvalue weighted by Gasteiger charge is -2.24. The molecule has 0 heterocycles. The number of nitrogens with two attached hydrogens (primary N) is 1. The number of amides is 1. The fourth-order valence-corrected chi connectivity index (χ4v) is 1.90. The minimum atomic E-state index is -0.693. The van der Waals surface area contributed by atoms with Gasteiger partial charge in [-0.3, -0.25) is 4.79 Å². The van der Waals surface area contributed by atoms with Crippen molar-refractivity contribution in [3.8, 4) is 0 Å². The number of carbonyl (C=O) groups excluding carboxylic acids is 1. The summed E-state index contributed by atoms with van der Waals surface area (Å²) in [6.07, 6.45) is 7.29. The van der Waals surface area contributed by atoms with E-state index in [2.05, 4.69) is 28.9 Å². The molecule has 19 heavy (non-hydrogen) atoms. The van der Waals surface area contributed by atoms with Crippen LogP contribution in [0.3, 0.4) is 0 Å². The summed E-state index contributed by atoms with van der Waals surface area (Å²) in [6, 6.07) is 0. The Labute approximate surface area is 125 Å². The molecule has 1 unspecified atom stereocenters. The third kappa shape index (κ3) is 9.91. The average Bonchev–Trinajstić information content (AvgIpc) is 2.23. The molecular weight excluding hydrogens is 306 g/mol. The lowest BCUT2D eigenvalue weighted by Crippen LogP contribution is -2.31. The lowest BCUT2D eigenvalue weighted by molar-refractivity contribution is -0.113. The molecule has 3 N–H and O–H groups in total. The van der Waals surface area contributed by atoms with Crippen LogP contribution in [0.15, 0.2) is 23.3 Å². The third-order valence-corrected chi connectivity index (χ3v) is 4.56. The number of rotatable bonds is 8. The number of hydrogen-bond acceptors (Lipinski definition) is 2. The van der Waals surface area contributed by atoms with E-state index in [1.54, 1.807) is 0 Å². The third-order valence-electron chi connectivity index (χ3n) is 2.98. The van der Waals surface area contributed by atoms with Gasteiger partial charge < -0.3 is 10.8 Å². The first-order valence-electron chi connectivity index (χ1n) is 6.61. The van der Waals surface area contributed by atoms with Crippen LogP contribution in [0.2, 0.25) is 0 Å². The fraction of sp³-hybridized carbons (Fsp3) is 0.667. The Morgan fingerprint density at radius 1 is 1.32 bits per heavy atom. The number of aliphatic hydroxyl groups is 1. The molecule has 0 aliphatic carbocycles. The zero-order valence-corrected chi connectivity index (χ0v) is 14.0. The number of carbonyl (C=O) groups is 1. The number of primary amides is 1. The van der Waals surface area contributed by atoms with E-state index in [0.717, 1.165) is 31.3 Å². The maximum absolute atomic E-state index is 10.7. The topological polar surface area (TPSA) is 63.3 Å². The van der Waals surface area contributed by atoms with Crippen molar-refractivity contribution in [1.29, 1.82) is 0 Å². The number of allylic oxidation sites excluding steroid dienone is 3. The van der Waals surface area contributed by atoms with E-state index in [9.17, 15) is 9.90 Å². The monoisotopic (exact) mass is 331 g/mol. The van der Waals surface area contributed by atoms with Gasteiger partial charge in [0.05, 0.1) is 5.60 Å².